The first-order valence-electron chi connectivity index (χ1n) is 6.73. The number of hydrogen-bond acceptors (Lipinski definition) is 2. The molecule has 20 heavy (non-hydrogen) atoms. The molecule has 0 amide bonds. The van der Waals surface area contributed by atoms with Crippen molar-refractivity contribution in [1.29, 1.82) is 0 Å². The molecule has 2 nitrogen and oxygen atoms in total. The maximum absolute atomic E-state index is 6.37. The van der Waals surface area contributed by atoms with Crippen molar-refractivity contribution >= 4 is 28.9 Å². The minimum absolute atomic E-state index is 0.295. The fourth-order valence-electron chi connectivity index (χ4n) is 2.68. The Kier molecular flexibility index (Phi) is 4.16. The lowest BCUT2D eigenvalue weighted by Gasteiger charge is -2.38. The average molecular weight is 307 g/mol. The Hall–Kier alpha value is -1.22. The van der Waals surface area contributed by atoms with Crippen LogP contribution in [-0.2, 0) is 0 Å². The Morgan fingerprint density at radius 2 is 1.85 bits per heavy atom. The SMILES string of the molecule is Clc1ccc(N2CCNCC2c2ccccc2)c(Cl)c1. The number of hydrogen-bond donors (Lipinski definition) is 1. The largest absolute Gasteiger partial charge is 0.361 e. The van der Waals surface area contributed by atoms with E-state index in [-0.39, 0.29) is 0 Å². The van der Waals surface area contributed by atoms with Crippen LogP contribution in [0.3, 0.4) is 0 Å². The van der Waals surface area contributed by atoms with Gasteiger partial charge in [0.25, 0.3) is 0 Å². The second-order valence-corrected chi connectivity index (χ2v) is 5.76. The molecule has 2 aromatic rings. The number of benzene rings is 2. The van der Waals surface area contributed by atoms with Crippen molar-refractivity contribution in [3.63, 3.8) is 0 Å². The molecule has 1 heterocycles. The van der Waals surface area contributed by atoms with Gasteiger partial charge in [-0.25, -0.2) is 0 Å². The van der Waals surface area contributed by atoms with Gasteiger partial charge in [-0.05, 0) is 23.8 Å². The quantitative estimate of drug-likeness (QED) is 0.897. The molecule has 0 saturated carbocycles. The van der Waals surface area contributed by atoms with E-state index in [1.807, 2.05) is 24.3 Å². The third-order valence-electron chi connectivity index (χ3n) is 3.65. The van der Waals surface area contributed by atoms with Crippen molar-refractivity contribution in [2.24, 2.45) is 0 Å². The molecule has 2 aromatic carbocycles. The minimum Gasteiger partial charge on any atom is -0.361 e. The summed E-state index contributed by atoms with van der Waals surface area (Å²) in [5.41, 5.74) is 2.34. The smallest absolute Gasteiger partial charge is 0.0668 e. The predicted molar refractivity (Wildman–Crippen MR) is 85.9 cm³/mol. The van der Waals surface area contributed by atoms with Gasteiger partial charge < -0.3 is 10.2 Å². The van der Waals surface area contributed by atoms with Crippen LogP contribution in [0.4, 0.5) is 5.69 Å². The molecule has 1 N–H and O–H groups in total. The second kappa shape index (κ2) is 6.04. The minimum atomic E-state index is 0.295. The van der Waals surface area contributed by atoms with E-state index in [0.29, 0.717) is 16.1 Å². The van der Waals surface area contributed by atoms with E-state index in [1.165, 1.54) is 5.56 Å². The topological polar surface area (TPSA) is 15.3 Å². The van der Waals surface area contributed by atoms with Crippen LogP contribution in [0, 0.1) is 0 Å². The standard InChI is InChI=1S/C16H16Cl2N2/c17-13-6-7-15(14(18)10-13)20-9-8-19-11-16(20)12-4-2-1-3-5-12/h1-7,10,16,19H,8-9,11H2. The number of anilines is 1. The molecule has 1 fully saturated rings. The summed E-state index contributed by atoms with van der Waals surface area (Å²) < 4.78 is 0. The molecule has 0 radical (unpaired) electrons. The van der Waals surface area contributed by atoms with Gasteiger partial charge in [0.15, 0.2) is 0 Å². The highest BCUT2D eigenvalue weighted by Crippen LogP contribution is 2.34. The van der Waals surface area contributed by atoms with E-state index in [0.717, 1.165) is 25.3 Å². The summed E-state index contributed by atoms with van der Waals surface area (Å²) >= 11 is 12.4. The van der Waals surface area contributed by atoms with Crippen molar-refractivity contribution in [2.75, 3.05) is 24.5 Å². The molecule has 1 saturated heterocycles. The number of piperazine rings is 1. The molecule has 0 spiro atoms. The summed E-state index contributed by atoms with van der Waals surface area (Å²) in [6, 6.07) is 16.5. The van der Waals surface area contributed by atoms with Gasteiger partial charge in [-0.2, -0.15) is 0 Å². The van der Waals surface area contributed by atoms with Gasteiger partial charge in [0.2, 0.25) is 0 Å². The molecule has 3 rings (SSSR count). The van der Waals surface area contributed by atoms with Crippen LogP contribution in [0.1, 0.15) is 11.6 Å². The van der Waals surface area contributed by atoms with Crippen LogP contribution in [0.25, 0.3) is 0 Å². The number of halogens is 2. The van der Waals surface area contributed by atoms with Crippen molar-refractivity contribution < 1.29 is 0 Å². The molecule has 1 atom stereocenters. The fraction of sp³-hybridized carbons (Fsp3) is 0.250. The van der Waals surface area contributed by atoms with Crippen molar-refractivity contribution in [1.82, 2.24) is 5.32 Å². The second-order valence-electron chi connectivity index (χ2n) is 4.92. The van der Waals surface area contributed by atoms with Crippen LogP contribution in [0.2, 0.25) is 10.0 Å². The molecule has 1 unspecified atom stereocenters. The monoisotopic (exact) mass is 306 g/mol. The van der Waals surface area contributed by atoms with Crippen molar-refractivity contribution in [3.05, 3.63) is 64.1 Å². The summed E-state index contributed by atoms with van der Waals surface area (Å²) in [5, 5.41) is 4.83. The molecule has 104 valence electrons. The highest BCUT2D eigenvalue weighted by molar-refractivity contribution is 6.36. The van der Waals surface area contributed by atoms with Gasteiger partial charge in [-0.3, -0.25) is 0 Å². The molecule has 1 aliphatic rings. The zero-order valence-electron chi connectivity index (χ0n) is 11.0. The van der Waals surface area contributed by atoms with Crippen LogP contribution in [0.5, 0.6) is 0 Å². The van der Waals surface area contributed by atoms with E-state index < -0.39 is 0 Å². The summed E-state index contributed by atoms with van der Waals surface area (Å²) in [6.45, 7) is 2.81. The third-order valence-corrected chi connectivity index (χ3v) is 4.18. The Bertz CT molecular complexity index is 586. The zero-order chi connectivity index (χ0) is 13.9. The van der Waals surface area contributed by atoms with Gasteiger partial charge >= 0.3 is 0 Å². The summed E-state index contributed by atoms with van der Waals surface area (Å²) in [6.07, 6.45) is 0. The zero-order valence-corrected chi connectivity index (χ0v) is 12.5. The van der Waals surface area contributed by atoms with Gasteiger partial charge in [0, 0.05) is 24.7 Å². The first-order chi connectivity index (χ1) is 9.75. The summed E-state index contributed by atoms with van der Waals surface area (Å²) in [4.78, 5) is 2.35. The Labute approximate surface area is 129 Å². The molecule has 0 aromatic heterocycles. The van der Waals surface area contributed by atoms with E-state index >= 15 is 0 Å². The maximum atomic E-state index is 6.37. The van der Waals surface area contributed by atoms with E-state index in [1.54, 1.807) is 0 Å². The molecular formula is C16H16Cl2N2. The lowest BCUT2D eigenvalue weighted by molar-refractivity contribution is 0.490. The number of nitrogens with zero attached hydrogens (tertiary/aromatic N) is 1. The average Bonchev–Trinajstić information content (AvgIpc) is 2.48. The first kappa shape index (κ1) is 13.7. The van der Waals surface area contributed by atoms with E-state index in [2.05, 4.69) is 34.5 Å². The van der Waals surface area contributed by atoms with Gasteiger partial charge in [-0.1, -0.05) is 53.5 Å². The van der Waals surface area contributed by atoms with Gasteiger partial charge in [-0.15, -0.1) is 0 Å². The lowest BCUT2D eigenvalue weighted by atomic mass is 10.0. The highest BCUT2D eigenvalue weighted by Gasteiger charge is 2.25. The van der Waals surface area contributed by atoms with Crippen LogP contribution < -0.4 is 10.2 Å². The summed E-state index contributed by atoms with van der Waals surface area (Å²) in [5.74, 6) is 0. The lowest BCUT2D eigenvalue weighted by Crippen LogP contribution is -2.46. The third kappa shape index (κ3) is 2.78. The van der Waals surface area contributed by atoms with Gasteiger partial charge in [0.1, 0.15) is 0 Å². The Morgan fingerprint density at radius 1 is 1.05 bits per heavy atom. The van der Waals surface area contributed by atoms with E-state index in [9.17, 15) is 0 Å². The molecule has 0 bridgehead atoms. The number of nitrogens with one attached hydrogen (secondary N) is 1. The predicted octanol–water partition coefficient (Wildman–Crippen LogP) is 4.14. The number of rotatable bonds is 2. The molecule has 1 aliphatic heterocycles. The molecule has 4 heteroatoms. The van der Waals surface area contributed by atoms with Crippen LogP contribution in [0.15, 0.2) is 48.5 Å². The van der Waals surface area contributed by atoms with Crippen molar-refractivity contribution in [2.45, 2.75) is 6.04 Å². The fourth-order valence-corrected chi connectivity index (χ4v) is 3.20. The first-order valence-corrected chi connectivity index (χ1v) is 7.48. The molecule has 0 aliphatic carbocycles. The summed E-state index contributed by atoms with van der Waals surface area (Å²) in [7, 11) is 0. The van der Waals surface area contributed by atoms with Crippen LogP contribution in [-0.4, -0.2) is 19.6 Å². The maximum Gasteiger partial charge on any atom is 0.0668 e. The van der Waals surface area contributed by atoms with E-state index in [4.69, 9.17) is 23.2 Å². The van der Waals surface area contributed by atoms with Crippen molar-refractivity contribution in [3.8, 4) is 0 Å². The Balaban J connectivity index is 1.97. The highest BCUT2D eigenvalue weighted by atomic mass is 35.5. The Morgan fingerprint density at radius 3 is 2.60 bits per heavy atom. The van der Waals surface area contributed by atoms with Crippen LogP contribution >= 0.6 is 23.2 Å². The molecular weight excluding hydrogens is 291 g/mol. The normalized spacial score (nSPS) is 19.1. The van der Waals surface area contributed by atoms with Gasteiger partial charge in [0.05, 0.1) is 16.8 Å².